The summed E-state index contributed by atoms with van der Waals surface area (Å²) in [5.74, 6) is -0.438. The maximum absolute atomic E-state index is 11.8. The summed E-state index contributed by atoms with van der Waals surface area (Å²) in [6, 6.07) is 5.65. The third kappa shape index (κ3) is 3.33. The molecular weight excluding hydrogens is 268 g/mol. The number of amides is 1. The number of hydrogen-bond acceptors (Lipinski definition) is 5. The lowest BCUT2D eigenvalue weighted by molar-refractivity contribution is 0.102. The number of aromatic nitrogens is 2. The fourth-order valence-corrected chi connectivity index (χ4v) is 1.93. The first kappa shape index (κ1) is 13.1. The normalized spacial score (nSPS) is 11.0. The van der Waals surface area contributed by atoms with Gasteiger partial charge in [0, 0.05) is 18.1 Å². The molecule has 98 valence electrons. The SMILES string of the molecule is NS(=O)(=O)c1cccc(NC(=O)c2cncnc2)c1. The van der Waals surface area contributed by atoms with E-state index in [-0.39, 0.29) is 10.5 Å². The van der Waals surface area contributed by atoms with Crippen molar-refractivity contribution in [3.8, 4) is 0 Å². The van der Waals surface area contributed by atoms with Crippen molar-refractivity contribution in [3.63, 3.8) is 0 Å². The highest BCUT2D eigenvalue weighted by molar-refractivity contribution is 7.89. The first-order chi connectivity index (χ1) is 8.97. The Balaban J connectivity index is 2.23. The molecule has 0 fully saturated rings. The van der Waals surface area contributed by atoms with E-state index in [4.69, 9.17) is 5.14 Å². The van der Waals surface area contributed by atoms with E-state index in [2.05, 4.69) is 15.3 Å². The third-order valence-electron chi connectivity index (χ3n) is 2.24. The van der Waals surface area contributed by atoms with Crippen LogP contribution in [-0.4, -0.2) is 24.3 Å². The number of rotatable bonds is 3. The average molecular weight is 278 g/mol. The third-order valence-corrected chi connectivity index (χ3v) is 3.15. The van der Waals surface area contributed by atoms with E-state index in [0.717, 1.165) is 0 Å². The summed E-state index contributed by atoms with van der Waals surface area (Å²) in [5, 5.41) is 7.54. The van der Waals surface area contributed by atoms with E-state index in [0.29, 0.717) is 5.69 Å². The van der Waals surface area contributed by atoms with Crippen molar-refractivity contribution in [1.29, 1.82) is 0 Å². The second-order valence-electron chi connectivity index (χ2n) is 3.65. The molecule has 19 heavy (non-hydrogen) atoms. The summed E-state index contributed by atoms with van der Waals surface area (Å²) in [6.45, 7) is 0. The van der Waals surface area contributed by atoms with Gasteiger partial charge in [-0.2, -0.15) is 0 Å². The monoisotopic (exact) mass is 278 g/mol. The number of primary sulfonamides is 1. The van der Waals surface area contributed by atoms with Gasteiger partial charge in [0.15, 0.2) is 0 Å². The average Bonchev–Trinajstić information content (AvgIpc) is 2.39. The van der Waals surface area contributed by atoms with Gasteiger partial charge < -0.3 is 5.32 Å². The highest BCUT2D eigenvalue weighted by atomic mass is 32.2. The van der Waals surface area contributed by atoms with Gasteiger partial charge in [-0.3, -0.25) is 4.79 Å². The predicted octanol–water partition coefficient (Wildman–Crippen LogP) is 0.376. The molecule has 1 aromatic heterocycles. The Bertz CT molecular complexity index is 701. The fraction of sp³-hybridized carbons (Fsp3) is 0. The molecule has 0 unspecified atom stereocenters. The maximum atomic E-state index is 11.8. The number of carbonyl (C=O) groups excluding carboxylic acids is 1. The second kappa shape index (κ2) is 5.12. The molecule has 0 spiro atoms. The first-order valence-corrected chi connectivity index (χ1v) is 6.71. The van der Waals surface area contributed by atoms with Gasteiger partial charge in [0.25, 0.3) is 5.91 Å². The highest BCUT2D eigenvalue weighted by Crippen LogP contribution is 2.14. The first-order valence-electron chi connectivity index (χ1n) is 5.16. The Kier molecular flexibility index (Phi) is 3.54. The van der Waals surface area contributed by atoms with Crippen molar-refractivity contribution >= 4 is 21.6 Å². The number of sulfonamides is 1. The zero-order valence-electron chi connectivity index (χ0n) is 9.65. The lowest BCUT2D eigenvalue weighted by atomic mass is 10.3. The van der Waals surface area contributed by atoms with Gasteiger partial charge in [-0.15, -0.1) is 0 Å². The molecule has 1 amide bonds. The number of nitrogens with one attached hydrogen (secondary N) is 1. The van der Waals surface area contributed by atoms with Crippen LogP contribution >= 0.6 is 0 Å². The molecule has 0 aliphatic rings. The molecule has 1 heterocycles. The number of benzene rings is 1. The molecule has 0 atom stereocenters. The summed E-state index contributed by atoms with van der Waals surface area (Å²) < 4.78 is 22.4. The number of anilines is 1. The number of nitrogens with zero attached hydrogens (tertiary/aromatic N) is 2. The molecule has 1 aromatic carbocycles. The van der Waals surface area contributed by atoms with Gasteiger partial charge in [-0.05, 0) is 18.2 Å². The predicted molar refractivity (Wildman–Crippen MR) is 67.8 cm³/mol. The lowest BCUT2D eigenvalue weighted by Gasteiger charge is -2.06. The zero-order valence-corrected chi connectivity index (χ0v) is 10.5. The minimum Gasteiger partial charge on any atom is -0.322 e. The van der Waals surface area contributed by atoms with Gasteiger partial charge in [0.1, 0.15) is 6.33 Å². The molecule has 2 rings (SSSR count). The van der Waals surface area contributed by atoms with Gasteiger partial charge in [-0.1, -0.05) is 6.07 Å². The van der Waals surface area contributed by atoms with E-state index in [1.54, 1.807) is 6.07 Å². The molecule has 8 heteroatoms. The Labute approximate surface area is 109 Å². The Morgan fingerprint density at radius 3 is 2.53 bits per heavy atom. The summed E-state index contributed by atoms with van der Waals surface area (Å²) >= 11 is 0. The number of nitrogens with two attached hydrogens (primary N) is 1. The van der Waals surface area contributed by atoms with Crippen molar-refractivity contribution in [2.75, 3.05) is 5.32 Å². The van der Waals surface area contributed by atoms with Crippen molar-refractivity contribution < 1.29 is 13.2 Å². The topological polar surface area (TPSA) is 115 Å². The van der Waals surface area contributed by atoms with Crippen LogP contribution in [-0.2, 0) is 10.0 Å². The van der Waals surface area contributed by atoms with Gasteiger partial charge >= 0.3 is 0 Å². The molecule has 0 saturated heterocycles. The minimum absolute atomic E-state index is 0.0744. The summed E-state index contributed by atoms with van der Waals surface area (Å²) in [7, 11) is -3.80. The van der Waals surface area contributed by atoms with Gasteiger partial charge in [0.05, 0.1) is 10.5 Å². The Morgan fingerprint density at radius 1 is 1.21 bits per heavy atom. The van der Waals surface area contributed by atoms with Crippen LogP contribution in [0.5, 0.6) is 0 Å². The van der Waals surface area contributed by atoms with Crippen LogP contribution in [0.1, 0.15) is 10.4 Å². The van der Waals surface area contributed by atoms with Crippen molar-refractivity contribution in [3.05, 3.63) is 48.5 Å². The largest absolute Gasteiger partial charge is 0.322 e. The Hall–Kier alpha value is -2.32. The summed E-state index contributed by atoms with van der Waals surface area (Å²) in [6.07, 6.45) is 4.01. The molecular formula is C11H10N4O3S. The van der Waals surface area contributed by atoms with E-state index in [9.17, 15) is 13.2 Å². The number of carbonyl (C=O) groups is 1. The molecule has 0 bridgehead atoms. The van der Waals surface area contributed by atoms with Gasteiger partial charge in [-0.25, -0.2) is 23.5 Å². The van der Waals surface area contributed by atoms with E-state index in [1.807, 2.05) is 0 Å². The zero-order chi connectivity index (χ0) is 13.9. The molecule has 0 saturated carbocycles. The molecule has 2 aromatic rings. The minimum atomic E-state index is -3.80. The maximum Gasteiger partial charge on any atom is 0.258 e. The molecule has 7 nitrogen and oxygen atoms in total. The molecule has 0 aliphatic carbocycles. The van der Waals surface area contributed by atoms with Crippen LogP contribution in [0.2, 0.25) is 0 Å². The number of hydrogen-bond donors (Lipinski definition) is 2. The molecule has 0 aliphatic heterocycles. The highest BCUT2D eigenvalue weighted by Gasteiger charge is 2.10. The van der Waals surface area contributed by atoms with Crippen molar-refractivity contribution in [2.24, 2.45) is 5.14 Å². The second-order valence-corrected chi connectivity index (χ2v) is 5.22. The Morgan fingerprint density at radius 2 is 1.89 bits per heavy atom. The smallest absolute Gasteiger partial charge is 0.258 e. The lowest BCUT2D eigenvalue weighted by Crippen LogP contribution is -2.15. The van der Waals surface area contributed by atoms with Crippen LogP contribution < -0.4 is 10.5 Å². The van der Waals surface area contributed by atoms with E-state index in [1.165, 1.54) is 36.9 Å². The van der Waals surface area contributed by atoms with Crippen LogP contribution in [0.4, 0.5) is 5.69 Å². The standard InChI is InChI=1S/C11H10N4O3S/c12-19(17,18)10-3-1-2-9(4-10)15-11(16)8-5-13-7-14-6-8/h1-7H,(H,15,16)(H2,12,17,18). The van der Waals surface area contributed by atoms with Gasteiger partial charge in [0.2, 0.25) is 10.0 Å². The molecule has 3 N–H and O–H groups in total. The van der Waals surface area contributed by atoms with Crippen LogP contribution in [0.15, 0.2) is 47.9 Å². The quantitative estimate of drug-likeness (QED) is 0.842. The fourth-order valence-electron chi connectivity index (χ4n) is 1.37. The van der Waals surface area contributed by atoms with Crippen LogP contribution in [0, 0.1) is 0 Å². The van der Waals surface area contributed by atoms with Crippen molar-refractivity contribution in [1.82, 2.24) is 9.97 Å². The summed E-state index contributed by atoms with van der Waals surface area (Å²) in [5.41, 5.74) is 0.587. The van der Waals surface area contributed by atoms with E-state index < -0.39 is 15.9 Å². The molecule has 0 radical (unpaired) electrons. The van der Waals surface area contributed by atoms with E-state index >= 15 is 0 Å². The van der Waals surface area contributed by atoms with Crippen LogP contribution in [0.25, 0.3) is 0 Å². The van der Waals surface area contributed by atoms with Crippen molar-refractivity contribution in [2.45, 2.75) is 4.90 Å². The summed E-state index contributed by atoms with van der Waals surface area (Å²) in [4.78, 5) is 19.2. The van der Waals surface area contributed by atoms with Crippen LogP contribution in [0.3, 0.4) is 0 Å².